The average molecular weight is 214 g/mol. The number of hydrogen-bond donors (Lipinski definition) is 1. The van der Waals surface area contributed by atoms with Crippen LogP contribution < -0.4 is 5.73 Å². The van der Waals surface area contributed by atoms with Gasteiger partial charge in [0.15, 0.2) is 0 Å². The van der Waals surface area contributed by atoms with E-state index >= 15 is 0 Å². The zero-order chi connectivity index (χ0) is 9.68. The lowest BCUT2D eigenvalue weighted by Crippen LogP contribution is -1.85. The molecule has 0 spiro atoms. The average Bonchev–Trinajstić information content (AvgIpc) is 2.09. The van der Waals surface area contributed by atoms with Crippen LogP contribution in [0.2, 0.25) is 5.02 Å². The van der Waals surface area contributed by atoms with Gasteiger partial charge in [0, 0.05) is 23.6 Å². The van der Waals surface area contributed by atoms with Gasteiger partial charge in [-0.1, -0.05) is 23.4 Å². The number of hydrogen-bond acceptors (Lipinski definition) is 1. The molecule has 0 fully saturated rings. The highest BCUT2D eigenvalue weighted by molar-refractivity contribution is 6.32. The summed E-state index contributed by atoms with van der Waals surface area (Å²) >= 11 is 11.4. The van der Waals surface area contributed by atoms with Crippen LogP contribution in [0, 0.1) is 11.8 Å². The summed E-state index contributed by atoms with van der Waals surface area (Å²) in [6.07, 6.45) is 0.669. The van der Waals surface area contributed by atoms with Crippen molar-refractivity contribution < 1.29 is 0 Å². The second kappa shape index (κ2) is 5.01. The molecule has 0 heterocycles. The first kappa shape index (κ1) is 10.2. The van der Waals surface area contributed by atoms with E-state index in [1.807, 2.05) is 0 Å². The minimum atomic E-state index is 0.541. The van der Waals surface area contributed by atoms with Crippen molar-refractivity contribution in [3.8, 4) is 11.8 Å². The maximum atomic E-state index is 5.89. The number of rotatable bonds is 1. The fraction of sp³-hybridized carbons (Fsp3) is 0.200. The van der Waals surface area contributed by atoms with Crippen LogP contribution in [0.5, 0.6) is 0 Å². The van der Waals surface area contributed by atoms with E-state index in [0.29, 0.717) is 23.0 Å². The van der Waals surface area contributed by atoms with Gasteiger partial charge in [-0.25, -0.2) is 0 Å². The molecule has 68 valence electrons. The van der Waals surface area contributed by atoms with Crippen LogP contribution in [-0.2, 0) is 0 Å². The van der Waals surface area contributed by atoms with Crippen molar-refractivity contribution in [2.24, 2.45) is 0 Å². The zero-order valence-electron chi connectivity index (χ0n) is 6.98. The van der Waals surface area contributed by atoms with Crippen molar-refractivity contribution in [3.63, 3.8) is 0 Å². The Hall–Kier alpha value is -0.840. The second-order valence-corrected chi connectivity index (χ2v) is 3.27. The van der Waals surface area contributed by atoms with E-state index in [0.717, 1.165) is 5.56 Å². The molecular weight excluding hydrogens is 205 g/mol. The van der Waals surface area contributed by atoms with Gasteiger partial charge in [-0.05, 0) is 18.2 Å². The second-order valence-electron chi connectivity index (χ2n) is 2.48. The molecule has 0 radical (unpaired) electrons. The Kier molecular flexibility index (Phi) is 3.95. The van der Waals surface area contributed by atoms with Crippen LogP contribution in [0.3, 0.4) is 0 Å². The molecule has 1 aromatic rings. The summed E-state index contributed by atoms with van der Waals surface area (Å²) in [5, 5.41) is 0.585. The third-order valence-electron chi connectivity index (χ3n) is 1.44. The highest BCUT2D eigenvalue weighted by atomic mass is 35.5. The molecule has 1 nitrogen and oxygen atoms in total. The molecule has 0 unspecified atom stereocenters. The maximum Gasteiger partial charge on any atom is 0.0582 e. The van der Waals surface area contributed by atoms with E-state index < -0.39 is 0 Å². The van der Waals surface area contributed by atoms with Gasteiger partial charge in [-0.2, -0.15) is 0 Å². The summed E-state index contributed by atoms with van der Waals surface area (Å²) in [4.78, 5) is 0. The van der Waals surface area contributed by atoms with E-state index in [2.05, 4.69) is 11.8 Å². The van der Waals surface area contributed by atoms with Crippen LogP contribution in [0.15, 0.2) is 18.2 Å². The molecule has 3 heteroatoms. The summed E-state index contributed by atoms with van der Waals surface area (Å²) in [6.45, 7) is 0. The van der Waals surface area contributed by atoms with Gasteiger partial charge < -0.3 is 5.73 Å². The molecule has 0 saturated heterocycles. The first-order valence-electron chi connectivity index (χ1n) is 3.84. The monoisotopic (exact) mass is 213 g/mol. The smallest absolute Gasteiger partial charge is 0.0582 e. The summed E-state index contributed by atoms with van der Waals surface area (Å²) < 4.78 is 0. The first-order valence-corrected chi connectivity index (χ1v) is 4.75. The molecule has 1 aromatic carbocycles. The van der Waals surface area contributed by atoms with Crippen molar-refractivity contribution >= 4 is 28.9 Å². The van der Waals surface area contributed by atoms with Crippen molar-refractivity contribution in [3.05, 3.63) is 28.8 Å². The molecule has 0 aromatic heterocycles. The third kappa shape index (κ3) is 3.18. The molecule has 0 aliphatic carbocycles. The molecule has 0 atom stereocenters. The number of benzene rings is 1. The molecule has 13 heavy (non-hydrogen) atoms. The Bertz CT molecular complexity index is 350. The Morgan fingerprint density at radius 3 is 2.77 bits per heavy atom. The summed E-state index contributed by atoms with van der Waals surface area (Å²) in [6, 6.07) is 5.27. The van der Waals surface area contributed by atoms with Crippen LogP contribution in [-0.4, -0.2) is 5.88 Å². The van der Waals surface area contributed by atoms with Crippen molar-refractivity contribution in [1.29, 1.82) is 0 Å². The van der Waals surface area contributed by atoms with Gasteiger partial charge in [0.05, 0.1) is 5.02 Å². The van der Waals surface area contributed by atoms with Crippen LogP contribution >= 0.6 is 23.2 Å². The van der Waals surface area contributed by atoms with Crippen LogP contribution in [0.4, 0.5) is 5.69 Å². The molecular formula is C10H9Cl2N. The van der Waals surface area contributed by atoms with Crippen molar-refractivity contribution in [2.45, 2.75) is 6.42 Å². The van der Waals surface area contributed by atoms with Crippen molar-refractivity contribution in [2.75, 3.05) is 11.6 Å². The van der Waals surface area contributed by atoms with Gasteiger partial charge in [0.2, 0.25) is 0 Å². The van der Waals surface area contributed by atoms with E-state index in [9.17, 15) is 0 Å². The van der Waals surface area contributed by atoms with Gasteiger partial charge >= 0.3 is 0 Å². The number of halogens is 2. The Morgan fingerprint density at radius 1 is 1.38 bits per heavy atom. The minimum Gasteiger partial charge on any atom is -0.399 e. The molecule has 0 aliphatic rings. The third-order valence-corrected chi connectivity index (χ3v) is 1.94. The quantitative estimate of drug-likeness (QED) is 0.434. The van der Waals surface area contributed by atoms with E-state index in [-0.39, 0.29) is 0 Å². The molecule has 1 rings (SSSR count). The standard InChI is InChI=1S/C10H9Cl2N/c11-6-2-1-3-8-4-5-9(13)7-10(8)12/h4-5,7H,2,6,13H2. The molecule has 2 N–H and O–H groups in total. The summed E-state index contributed by atoms with van der Waals surface area (Å²) in [5.74, 6) is 6.36. The van der Waals surface area contributed by atoms with Crippen LogP contribution in [0.1, 0.15) is 12.0 Å². The van der Waals surface area contributed by atoms with E-state index in [1.54, 1.807) is 18.2 Å². The predicted octanol–water partition coefficient (Wildman–Crippen LogP) is 2.90. The number of anilines is 1. The SMILES string of the molecule is Nc1ccc(C#CCCCl)c(Cl)c1. The lowest BCUT2D eigenvalue weighted by molar-refractivity contribution is 1.29. The fourth-order valence-electron chi connectivity index (χ4n) is 0.838. The molecule has 0 bridgehead atoms. The van der Waals surface area contributed by atoms with Gasteiger partial charge in [-0.15, -0.1) is 11.6 Å². The van der Waals surface area contributed by atoms with Crippen LogP contribution in [0.25, 0.3) is 0 Å². The maximum absolute atomic E-state index is 5.89. The molecule has 0 saturated carbocycles. The predicted molar refractivity (Wildman–Crippen MR) is 58.1 cm³/mol. The lowest BCUT2D eigenvalue weighted by atomic mass is 10.2. The number of nitrogen functional groups attached to an aromatic ring is 1. The van der Waals surface area contributed by atoms with Gasteiger partial charge in [0.1, 0.15) is 0 Å². The lowest BCUT2D eigenvalue weighted by Gasteiger charge is -1.96. The largest absolute Gasteiger partial charge is 0.399 e. The van der Waals surface area contributed by atoms with Gasteiger partial charge in [-0.3, -0.25) is 0 Å². The molecule has 0 aliphatic heterocycles. The zero-order valence-corrected chi connectivity index (χ0v) is 8.49. The number of nitrogens with two attached hydrogens (primary N) is 1. The fourth-order valence-corrected chi connectivity index (χ4v) is 1.17. The van der Waals surface area contributed by atoms with E-state index in [1.165, 1.54) is 0 Å². The highest BCUT2D eigenvalue weighted by Crippen LogP contribution is 2.17. The minimum absolute atomic E-state index is 0.541. The van der Waals surface area contributed by atoms with E-state index in [4.69, 9.17) is 28.9 Å². The topological polar surface area (TPSA) is 26.0 Å². The normalized spacial score (nSPS) is 9.08. The summed E-state index contributed by atoms with van der Waals surface area (Å²) in [5.41, 5.74) is 6.97. The summed E-state index contributed by atoms with van der Waals surface area (Å²) in [7, 11) is 0. The molecule has 0 amide bonds. The Balaban J connectivity index is 2.85. The number of alkyl halides is 1. The Morgan fingerprint density at radius 2 is 2.15 bits per heavy atom. The Labute approximate surface area is 87.8 Å². The van der Waals surface area contributed by atoms with Gasteiger partial charge in [0.25, 0.3) is 0 Å². The van der Waals surface area contributed by atoms with Crippen molar-refractivity contribution in [1.82, 2.24) is 0 Å². The highest BCUT2D eigenvalue weighted by Gasteiger charge is 1.95. The first-order chi connectivity index (χ1) is 6.24.